The summed E-state index contributed by atoms with van der Waals surface area (Å²) in [6, 6.07) is 13.6. The molecular formula is C22H27F2N3O2. The van der Waals surface area contributed by atoms with E-state index in [0.29, 0.717) is 32.8 Å². The van der Waals surface area contributed by atoms with Crippen molar-refractivity contribution >= 4 is 0 Å². The Morgan fingerprint density at radius 1 is 1.07 bits per heavy atom. The van der Waals surface area contributed by atoms with Crippen molar-refractivity contribution in [3.05, 3.63) is 59.9 Å². The highest BCUT2D eigenvalue weighted by Gasteiger charge is 2.41. The average molecular weight is 403 g/mol. The van der Waals surface area contributed by atoms with Crippen LogP contribution in [0.4, 0.5) is 8.78 Å². The summed E-state index contributed by atoms with van der Waals surface area (Å²) >= 11 is 0. The van der Waals surface area contributed by atoms with Gasteiger partial charge in [0.25, 0.3) is 5.92 Å². The number of aromatic nitrogens is 1. The van der Waals surface area contributed by atoms with Crippen LogP contribution in [0.1, 0.15) is 24.1 Å². The summed E-state index contributed by atoms with van der Waals surface area (Å²) in [7, 11) is 0. The smallest absolute Gasteiger partial charge is 0.250 e. The molecule has 29 heavy (non-hydrogen) atoms. The second-order valence-electron chi connectivity index (χ2n) is 7.97. The lowest BCUT2D eigenvalue weighted by Crippen LogP contribution is -2.49. The third-order valence-electron chi connectivity index (χ3n) is 5.78. The van der Waals surface area contributed by atoms with Gasteiger partial charge >= 0.3 is 0 Å². The molecule has 1 aromatic heterocycles. The van der Waals surface area contributed by atoms with E-state index in [1.54, 1.807) is 6.20 Å². The fourth-order valence-corrected chi connectivity index (χ4v) is 4.11. The molecule has 2 aliphatic heterocycles. The van der Waals surface area contributed by atoms with Crippen molar-refractivity contribution in [2.45, 2.75) is 44.1 Å². The maximum atomic E-state index is 13.4. The van der Waals surface area contributed by atoms with Gasteiger partial charge < -0.3 is 9.84 Å². The Labute approximate surface area is 169 Å². The van der Waals surface area contributed by atoms with Gasteiger partial charge in [0, 0.05) is 57.8 Å². The number of ether oxygens (including phenoxy) is 1. The number of benzene rings is 1. The van der Waals surface area contributed by atoms with Crippen molar-refractivity contribution in [1.29, 1.82) is 0 Å². The Morgan fingerprint density at radius 2 is 1.83 bits per heavy atom. The van der Waals surface area contributed by atoms with E-state index in [1.165, 1.54) is 0 Å². The van der Waals surface area contributed by atoms with Crippen LogP contribution in [0.15, 0.2) is 48.7 Å². The molecule has 0 radical (unpaired) electrons. The van der Waals surface area contributed by atoms with E-state index >= 15 is 0 Å². The van der Waals surface area contributed by atoms with Crippen molar-refractivity contribution in [3.8, 4) is 5.75 Å². The van der Waals surface area contributed by atoms with Crippen LogP contribution in [-0.4, -0.2) is 64.1 Å². The second kappa shape index (κ2) is 8.73. The largest absolute Gasteiger partial charge is 0.487 e. The number of rotatable bonds is 6. The van der Waals surface area contributed by atoms with E-state index in [2.05, 4.69) is 9.88 Å². The van der Waals surface area contributed by atoms with Crippen LogP contribution >= 0.6 is 0 Å². The molecule has 2 fully saturated rings. The predicted molar refractivity (Wildman–Crippen MR) is 106 cm³/mol. The van der Waals surface area contributed by atoms with Crippen LogP contribution in [0.2, 0.25) is 0 Å². The zero-order chi connectivity index (χ0) is 20.3. The zero-order valence-electron chi connectivity index (χ0n) is 16.4. The third-order valence-corrected chi connectivity index (χ3v) is 5.78. The molecular weight excluding hydrogens is 376 g/mol. The van der Waals surface area contributed by atoms with E-state index < -0.39 is 12.0 Å². The van der Waals surface area contributed by atoms with Gasteiger partial charge in [-0.05, 0) is 29.8 Å². The Morgan fingerprint density at radius 3 is 2.52 bits per heavy atom. The molecule has 2 aromatic rings. The van der Waals surface area contributed by atoms with Crippen LogP contribution < -0.4 is 4.74 Å². The Balaban J connectivity index is 1.27. The molecule has 0 bridgehead atoms. The molecule has 0 saturated carbocycles. The summed E-state index contributed by atoms with van der Waals surface area (Å²) in [6.07, 6.45) is 1.02. The van der Waals surface area contributed by atoms with Crippen molar-refractivity contribution in [2.75, 3.05) is 26.2 Å². The fourth-order valence-electron chi connectivity index (χ4n) is 4.11. The molecule has 2 aliphatic rings. The Hall–Kier alpha value is -2.09. The van der Waals surface area contributed by atoms with E-state index in [0.717, 1.165) is 23.6 Å². The number of pyridine rings is 1. The first-order valence-electron chi connectivity index (χ1n) is 10.1. The number of likely N-dealkylation sites (tertiary alicyclic amines) is 2. The summed E-state index contributed by atoms with van der Waals surface area (Å²) in [5, 5.41) is 10.4. The highest BCUT2D eigenvalue weighted by atomic mass is 19.3. The first kappa shape index (κ1) is 20.2. The lowest BCUT2D eigenvalue weighted by atomic mass is 10.0. The average Bonchev–Trinajstić information content (AvgIpc) is 3.08. The number of halogens is 2. The molecule has 4 rings (SSSR count). The summed E-state index contributed by atoms with van der Waals surface area (Å²) < 4.78 is 32.6. The SMILES string of the molecule is O[C@H]1CN(Cc2ccc(OCc3ccccn3)cc2)C[C@@H]1N1CCC(F)(F)CC1. The normalized spacial score (nSPS) is 25.2. The number of aliphatic hydroxyl groups excluding tert-OH is 1. The van der Waals surface area contributed by atoms with Crippen molar-refractivity contribution in [3.63, 3.8) is 0 Å². The molecule has 0 aliphatic carbocycles. The minimum Gasteiger partial charge on any atom is -0.487 e. The van der Waals surface area contributed by atoms with E-state index in [4.69, 9.17) is 4.74 Å². The number of alkyl halides is 2. The fraction of sp³-hybridized carbons (Fsp3) is 0.500. The van der Waals surface area contributed by atoms with Crippen LogP contribution in [0.5, 0.6) is 5.75 Å². The molecule has 5 nitrogen and oxygen atoms in total. The zero-order valence-corrected chi connectivity index (χ0v) is 16.4. The van der Waals surface area contributed by atoms with Gasteiger partial charge in [-0.1, -0.05) is 18.2 Å². The van der Waals surface area contributed by atoms with Crippen molar-refractivity contribution in [2.24, 2.45) is 0 Å². The van der Waals surface area contributed by atoms with E-state index in [-0.39, 0.29) is 18.9 Å². The molecule has 7 heteroatoms. The quantitative estimate of drug-likeness (QED) is 0.804. The molecule has 156 valence electrons. The summed E-state index contributed by atoms with van der Waals surface area (Å²) in [5.74, 6) is -1.77. The number of β-amino-alcohol motifs (C(OH)–C–C–N with tert-alkyl or cyclic N) is 1. The van der Waals surface area contributed by atoms with Crippen LogP contribution in [0, 0.1) is 0 Å². The molecule has 0 spiro atoms. The monoisotopic (exact) mass is 403 g/mol. The summed E-state index contributed by atoms with van der Waals surface area (Å²) in [6.45, 7) is 3.11. The van der Waals surface area contributed by atoms with Gasteiger partial charge in [0.2, 0.25) is 0 Å². The number of nitrogens with zero attached hydrogens (tertiary/aromatic N) is 3. The topological polar surface area (TPSA) is 48.8 Å². The van der Waals surface area contributed by atoms with E-state index in [1.807, 2.05) is 47.4 Å². The Bertz CT molecular complexity index is 778. The first-order chi connectivity index (χ1) is 14.0. The predicted octanol–water partition coefficient (Wildman–Crippen LogP) is 2.94. The molecule has 1 N–H and O–H groups in total. The minimum atomic E-state index is -2.56. The summed E-state index contributed by atoms with van der Waals surface area (Å²) in [4.78, 5) is 8.45. The minimum absolute atomic E-state index is 0.0629. The first-order valence-corrected chi connectivity index (χ1v) is 10.1. The molecule has 0 unspecified atom stereocenters. The number of hydrogen-bond donors (Lipinski definition) is 1. The molecule has 2 atom stereocenters. The van der Waals surface area contributed by atoms with Gasteiger partial charge in [-0.3, -0.25) is 14.8 Å². The number of hydrogen-bond acceptors (Lipinski definition) is 5. The highest BCUT2D eigenvalue weighted by Crippen LogP contribution is 2.30. The summed E-state index contributed by atoms with van der Waals surface area (Å²) in [5.41, 5.74) is 2.01. The second-order valence-corrected chi connectivity index (χ2v) is 7.97. The van der Waals surface area contributed by atoms with Crippen LogP contribution in [-0.2, 0) is 13.2 Å². The molecule has 1 aromatic carbocycles. The lowest BCUT2D eigenvalue weighted by molar-refractivity contribution is -0.0698. The maximum absolute atomic E-state index is 13.4. The van der Waals surface area contributed by atoms with Crippen molar-refractivity contribution in [1.82, 2.24) is 14.8 Å². The standard InChI is InChI=1S/C22H27F2N3O2/c23-22(24)8-11-27(12-9-22)20-14-26(15-21(20)28)13-17-4-6-19(7-5-17)29-16-18-3-1-2-10-25-18/h1-7,10,20-21,28H,8-9,11-16H2/t20-,21-/m0/s1. The molecule has 2 saturated heterocycles. The van der Waals surface area contributed by atoms with Gasteiger partial charge in [0.1, 0.15) is 12.4 Å². The van der Waals surface area contributed by atoms with Gasteiger partial charge in [-0.25, -0.2) is 8.78 Å². The van der Waals surface area contributed by atoms with Gasteiger partial charge in [0.15, 0.2) is 0 Å². The molecule has 3 heterocycles. The van der Waals surface area contributed by atoms with Crippen LogP contribution in [0.25, 0.3) is 0 Å². The van der Waals surface area contributed by atoms with Crippen molar-refractivity contribution < 1.29 is 18.6 Å². The number of piperidine rings is 1. The van der Waals surface area contributed by atoms with Gasteiger partial charge in [0.05, 0.1) is 11.8 Å². The van der Waals surface area contributed by atoms with E-state index in [9.17, 15) is 13.9 Å². The lowest BCUT2D eigenvalue weighted by Gasteiger charge is -2.36. The third kappa shape index (κ3) is 5.29. The Kier molecular flexibility index (Phi) is 6.08. The van der Waals surface area contributed by atoms with Gasteiger partial charge in [-0.2, -0.15) is 0 Å². The van der Waals surface area contributed by atoms with Gasteiger partial charge in [-0.15, -0.1) is 0 Å². The highest BCUT2D eigenvalue weighted by molar-refractivity contribution is 5.27. The number of aliphatic hydroxyl groups is 1. The van der Waals surface area contributed by atoms with Crippen LogP contribution in [0.3, 0.4) is 0 Å². The molecule has 0 amide bonds. The maximum Gasteiger partial charge on any atom is 0.250 e.